The van der Waals surface area contributed by atoms with Gasteiger partial charge in [-0.25, -0.2) is 4.79 Å². The van der Waals surface area contributed by atoms with Crippen LogP contribution >= 0.6 is 0 Å². The van der Waals surface area contributed by atoms with E-state index in [4.69, 9.17) is 15.6 Å². The highest BCUT2D eigenvalue weighted by molar-refractivity contribution is 5.85. The van der Waals surface area contributed by atoms with Gasteiger partial charge in [-0.05, 0) is 26.8 Å². The van der Waals surface area contributed by atoms with Gasteiger partial charge in [-0.15, -0.1) is 0 Å². The highest BCUT2D eigenvalue weighted by Crippen LogP contribution is 2.28. The smallest absolute Gasteiger partial charge is 0.412 e. The molecular formula is C14H22N2O4. The topological polar surface area (TPSA) is 105 Å². The van der Waals surface area contributed by atoms with Gasteiger partial charge in [-0.2, -0.15) is 0 Å². The summed E-state index contributed by atoms with van der Waals surface area (Å²) in [6.45, 7) is 5.37. The maximum absolute atomic E-state index is 11.6. The lowest BCUT2D eigenvalue weighted by Crippen LogP contribution is -2.27. The molecule has 0 radical (unpaired) electrons. The zero-order valence-corrected chi connectivity index (χ0v) is 12.0. The summed E-state index contributed by atoms with van der Waals surface area (Å²) in [5.74, 6) is -0.353. The average Bonchev–Trinajstić information content (AvgIpc) is 2.30. The Bertz CT molecular complexity index is 465. The second kappa shape index (κ2) is 6.58. The van der Waals surface area contributed by atoms with Gasteiger partial charge in [-0.1, -0.05) is 6.07 Å². The van der Waals surface area contributed by atoms with Gasteiger partial charge in [0.1, 0.15) is 11.4 Å². The van der Waals surface area contributed by atoms with E-state index in [1.54, 1.807) is 32.9 Å². The molecule has 20 heavy (non-hydrogen) atoms. The van der Waals surface area contributed by atoms with Crippen molar-refractivity contribution in [3.63, 3.8) is 0 Å². The minimum atomic E-state index is -0.595. The Balaban J connectivity index is 2.80. The van der Waals surface area contributed by atoms with Gasteiger partial charge < -0.3 is 20.7 Å². The summed E-state index contributed by atoms with van der Waals surface area (Å²) in [6.07, 6.45) is -0.595. The standard InChI is InChI=1S/C14H22N2O4/c1-14(2,3)20-13(19)16-10-4-5-11(12(18)6-10)9(7-15)8-17/h4-6,9,17-18H,7-8,15H2,1-3H3,(H,16,19). The fourth-order valence-corrected chi connectivity index (χ4v) is 1.69. The van der Waals surface area contributed by atoms with Crippen LogP contribution in [0, 0.1) is 0 Å². The minimum Gasteiger partial charge on any atom is -0.508 e. The first kappa shape index (κ1) is 16.3. The van der Waals surface area contributed by atoms with E-state index in [2.05, 4.69) is 5.32 Å². The summed E-state index contributed by atoms with van der Waals surface area (Å²) < 4.78 is 5.11. The first-order chi connectivity index (χ1) is 9.26. The number of hydrogen-bond acceptors (Lipinski definition) is 5. The molecule has 0 aliphatic heterocycles. The van der Waals surface area contributed by atoms with Gasteiger partial charge in [0.2, 0.25) is 0 Å². The summed E-state index contributed by atoms with van der Waals surface area (Å²) in [4.78, 5) is 11.6. The number of hydrogen-bond donors (Lipinski definition) is 4. The normalized spacial score (nSPS) is 12.8. The zero-order valence-electron chi connectivity index (χ0n) is 12.0. The van der Waals surface area contributed by atoms with Gasteiger partial charge in [0.25, 0.3) is 0 Å². The van der Waals surface area contributed by atoms with Crippen LogP contribution < -0.4 is 11.1 Å². The zero-order chi connectivity index (χ0) is 15.3. The highest BCUT2D eigenvalue weighted by Gasteiger charge is 2.17. The van der Waals surface area contributed by atoms with Crippen LogP contribution in [0.1, 0.15) is 32.3 Å². The molecule has 0 bridgehead atoms. The lowest BCUT2D eigenvalue weighted by molar-refractivity contribution is 0.0636. The minimum absolute atomic E-state index is 0.0249. The van der Waals surface area contributed by atoms with Gasteiger partial charge in [0, 0.05) is 29.8 Å². The molecular weight excluding hydrogens is 260 g/mol. The predicted molar refractivity (Wildman–Crippen MR) is 76.8 cm³/mol. The molecule has 0 saturated carbocycles. The van der Waals surface area contributed by atoms with Gasteiger partial charge in [-0.3, -0.25) is 5.32 Å². The molecule has 0 aromatic heterocycles. The Kier molecular flexibility index (Phi) is 5.35. The fourth-order valence-electron chi connectivity index (χ4n) is 1.69. The third-order valence-corrected chi connectivity index (χ3v) is 2.62. The molecule has 0 aliphatic rings. The number of anilines is 1. The molecule has 1 aromatic rings. The maximum Gasteiger partial charge on any atom is 0.412 e. The number of nitrogens with two attached hydrogens (primary N) is 1. The van der Waals surface area contributed by atoms with Crippen LogP contribution in [0.2, 0.25) is 0 Å². The largest absolute Gasteiger partial charge is 0.508 e. The van der Waals surface area contributed by atoms with E-state index in [0.717, 1.165) is 0 Å². The van der Waals surface area contributed by atoms with Crippen molar-refractivity contribution in [3.8, 4) is 5.75 Å². The van der Waals surface area contributed by atoms with E-state index in [0.29, 0.717) is 11.3 Å². The van der Waals surface area contributed by atoms with E-state index < -0.39 is 11.7 Å². The van der Waals surface area contributed by atoms with E-state index in [-0.39, 0.29) is 24.8 Å². The number of carbonyl (C=O) groups excluding carboxylic acids is 1. The van der Waals surface area contributed by atoms with Crippen molar-refractivity contribution in [1.29, 1.82) is 0 Å². The molecule has 1 amide bonds. The van der Waals surface area contributed by atoms with Crippen LogP contribution in [-0.4, -0.2) is 35.1 Å². The summed E-state index contributed by atoms with van der Waals surface area (Å²) in [6, 6.07) is 4.64. The molecule has 0 spiro atoms. The maximum atomic E-state index is 11.6. The second-order valence-corrected chi connectivity index (χ2v) is 5.52. The third-order valence-electron chi connectivity index (χ3n) is 2.62. The number of carbonyl (C=O) groups is 1. The Morgan fingerprint density at radius 2 is 2.10 bits per heavy atom. The average molecular weight is 282 g/mol. The number of aliphatic hydroxyl groups is 1. The number of ether oxygens (including phenoxy) is 1. The molecule has 112 valence electrons. The Morgan fingerprint density at radius 1 is 1.45 bits per heavy atom. The number of aromatic hydroxyl groups is 1. The summed E-state index contributed by atoms with van der Waals surface area (Å²) in [5, 5.41) is 21.6. The molecule has 6 nitrogen and oxygen atoms in total. The molecule has 1 aromatic carbocycles. The summed E-state index contributed by atoms with van der Waals surface area (Å²) in [5.41, 5.74) is 5.88. The van der Waals surface area contributed by atoms with Crippen LogP contribution in [0.25, 0.3) is 0 Å². The Morgan fingerprint density at radius 3 is 2.55 bits per heavy atom. The van der Waals surface area contributed by atoms with Crippen molar-refractivity contribution < 1.29 is 19.7 Å². The first-order valence-electron chi connectivity index (χ1n) is 6.40. The van der Waals surface area contributed by atoms with Crippen molar-refractivity contribution in [1.82, 2.24) is 0 Å². The van der Waals surface area contributed by atoms with Gasteiger partial charge in [0.05, 0.1) is 6.61 Å². The molecule has 0 saturated heterocycles. The second-order valence-electron chi connectivity index (χ2n) is 5.52. The molecule has 6 heteroatoms. The number of rotatable bonds is 4. The SMILES string of the molecule is CC(C)(C)OC(=O)Nc1ccc(C(CN)CO)c(O)c1. The monoisotopic (exact) mass is 282 g/mol. The number of phenolic OH excluding ortho intramolecular Hbond substituents is 1. The lowest BCUT2D eigenvalue weighted by atomic mass is 9.99. The third kappa shape index (κ3) is 4.71. The van der Waals surface area contributed by atoms with Crippen molar-refractivity contribution >= 4 is 11.8 Å². The van der Waals surface area contributed by atoms with Crippen LogP contribution in [0.5, 0.6) is 5.75 Å². The molecule has 1 unspecified atom stereocenters. The van der Waals surface area contributed by atoms with Gasteiger partial charge >= 0.3 is 6.09 Å². The quantitative estimate of drug-likeness (QED) is 0.673. The number of aliphatic hydroxyl groups excluding tert-OH is 1. The van der Waals surface area contributed by atoms with E-state index >= 15 is 0 Å². The molecule has 0 fully saturated rings. The van der Waals surface area contributed by atoms with Gasteiger partial charge in [0.15, 0.2) is 0 Å². The molecule has 1 atom stereocenters. The van der Waals surface area contributed by atoms with Crippen LogP contribution in [0.4, 0.5) is 10.5 Å². The summed E-state index contributed by atoms with van der Waals surface area (Å²) >= 11 is 0. The fraction of sp³-hybridized carbons (Fsp3) is 0.500. The summed E-state index contributed by atoms with van der Waals surface area (Å²) in [7, 11) is 0. The van der Waals surface area contributed by atoms with E-state index in [9.17, 15) is 9.90 Å². The lowest BCUT2D eigenvalue weighted by Gasteiger charge is -2.20. The van der Waals surface area contributed by atoms with Crippen LogP contribution in [-0.2, 0) is 4.74 Å². The number of phenols is 1. The van der Waals surface area contributed by atoms with Crippen molar-refractivity contribution in [2.24, 2.45) is 5.73 Å². The van der Waals surface area contributed by atoms with Crippen LogP contribution in [0.15, 0.2) is 18.2 Å². The predicted octanol–water partition coefficient (Wildman–Crippen LogP) is 1.77. The Labute approximate surface area is 118 Å². The molecule has 5 N–H and O–H groups in total. The van der Waals surface area contributed by atoms with Crippen molar-refractivity contribution in [2.45, 2.75) is 32.3 Å². The number of benzene rings is 1. The highest BCUT2D eigenvalue weighted by atomic mass is 16.6. The first-order valence-corrected chi connectivity index (χ1v) is 6.40. The Hall–Kier alpha value is -1.79. The van der Waals surface area contributed by atoms with Crippen molar-refractivity contribution in [3.05, 3.63) is 23.8 Å². The van der Waals surface area contributed by atoms with E-state index in [1.807, 2.05) is 0 Å². The molecule has 1 rings (SSSR count). The molecule has 0 aliphatic carbocycles. The number of nitrogens with one attached hydrogen (secondary N) is 1. The van der Waals surface area contributed by atoms with Crippen molar-refractivity contribution in [2.75, 3.05) is 18.5 Å². The number of amides is 1. The van der Waals surface area contributed by atoms with Crippen LogP contribution in [0.3, 0.4) is 0 Å². The molecule has 0 heterocycles. The van der Waals surface area contributed by atoms with E-state index in [1.165, 1.54) is 6.07 Å².